The third-order valence-electron chi connectivity index (χ3n) is 0. The first-order valence-corrected chi connectivity index (χ1v) is 0.200. The molecule has 22 valence electrons. The Balaban J connectivity index is -0.00000000500. The standard InChI is InChI=1S/Ca.H2O2.O/c;1-2;/h;1-2H;/q+2;;-2. The van der Waals surface area contributed by atoms with Gasteiger partial charge in [-0.15, -0.1) is 0 Å². The van der Waals surface area contributed by atoms with Crippen LogP contribution < -0.4 is 0 Å². The summed E-state index contributed by atoms with van der Waals surface area (Å²) >= 11 is 0. The molecule has 0 atom stereocenters. The maximum atomic E-state index is 6.00. The van der Waals surface area contributed by atoms with Gasteiger partial charge in [0, 0.05) is 0 Å². The molecule has 0 saturated carbocycles. The second kappa shape index (κ2) is 31.4. The van der Waals surface area contributed by atoms with Crippen molar-refractivity contribution in [1.82, 2.24) is 0 Å². The van der Waals surface area contributed by atoms with E-state index in [0.29, 0.717) is 0 Å². The minimum absolute atomic E-state index is 0. The monoisotopic (exact) mass is 90.0 g/mol. The average molecular weight is 90.1 g/mol. The number of rotatable bonds is 0. The molecule has 3 nitrogen and oxygen atoms in total. The third-order valence-corrected chi connectivity index (χ3v) is 0. The van der Waals surface area contributed by atoms with Crippen LogP contribution in [0.25, 0.3) is 0 Å². The van der Waals surface area contributed by atoms with Crippen LogP contribution in [-0.2, 0) is 5.48 Å². The Hall–Kier alpha value is 1.14. The predicted molar refractivity (Wildman–Crippen MR) is 11.7 cm³/mol. The average Bonchev–Trinajstić information content (AvgIpc) is 1.00. The van der Waals surface area contributed by atoms with E-state index in [1.54, 1.807) is 0 Å². The summed E-state index contributed by atoms with van der Waals surface area (Å²) in [5, 5.41) is 12.0. The number of hydrogen-bond donors (Lipinski definition) is 2. The van der Waals surface area contributed by atoms with E-state index in [0.717, 1.165) is 0 Å². The quantitative estimate of drug-likeness (QED) is 0.239. The summed E-state index contributed by atoms with van der Waals surface area (Å²) in [7, 11) is 0. The summed E-state index contributed by atoms with van der Waals surface area (Å²) in [5.74, 6) is 0. The van der Waals surface area contributed by atoms with Gasteiger partial charge in [-0.3, -0.25) is 10.5 Å². The molecule has 0 saturated heterocycles. The van der Waals surface area contributed by atoms with Gasteiger partial charge in [0.25, 0.3) is 0 Å². The molecule has 0 spiro atoms. The molecule has 0 aliphatic heterocycles. The van der Waals surface area contributed by atoms with E-state index >= 15 is 0 Å². The summed E-state index contributed by atoms with van der Waals surface area (Å²) < 4.78 is 0. The first kappa shape index (κ1) is 19.2. The van der Waals surface area contributed by atoms with Gasteiger partial charge in [0.1, 0.15) is 0 Å². The topological polar surface area (TPSA) is 69.0 Å². The Morgan fingerprint density at radius 2 is 1.00 bits per heavy atom. The van der Waals surface area contributed by atoms with E-state index in [-0.39, 0.29) is 43.2 Å². The second-order valence-electron chi connectivity index (χ2n) is 0. The fourth-order valence-corrected chi connectivity index (χ4v) is 0. The smallest absolute Gasteiger partial charge is 2.00 e. The predicted octanol–water partition coefficient (Wildman–Crippen LogP) is -0.482. The van der Waals surface area contributed by atoms with Crippen molar-refractivity contribution < 1.29 is 16.0 Å². The summed E-state index contributed by atoms with van der Waals surface area (Å²) in [6.45, 7) is 0. The van der Waals surface area contributed by atoms with Crippen molar-refractivity contribution in [1.29, 1.82) is 0 Å². The molecule has 4 heteroatoms. The zero-order valence-electron chi connectivity index (χ0n) is 2.01. The Bertz CT molecular complexity index is 3.25. The molecule has 0 heterocycles. The van der Waals surface area contributed by atoms with Crippen LogP contribution in [-0.4, -0.2) is 48.3 Å². The van der Waals surface area contributed by atoms with E-state index in [1.165, 1.54) is 0 Å². The van der Waals surface area contributed by atoms with Crippen LogP contribution in [0, 0.1) is 0 Å². The van der Waals surface area contributed by atoms with Gasteiger partial charge < -0.3 is 5.48 Å². The van der Waals surface area contributed by atoms with Crippen molar-refractivity contribution in [2.45, 2.75) is 0 Å². The van der Waals surface area contributed by atoms with Crippen LogP contribution >= 0.6 is 0 Å². The molecule has 0 aromatic rings. The van der Waals surface area contributed by atoms with E-state index < -0.39 is 0 Å². The molecule has 0 amide bonds. The Labute approximate surface area is 53.5 Å². The molecular weight excluding hydrogens is 88.1 g/mol. The fraction of sp³-hybridized carbons (Fsp3) is 0. The molecule has 0 rings (SSSR count). The van der Waals surface area contributed by atoms with Crippen LogP contribution in [0.15, 0.2) is 0 Å². The van der Waals surface area contributed by atoms with Crippen LogP contribution in [0.1, 0.15) is 0 Å². The largest absolute Gasteiger partial charge is 2.00 e. The van der Waals surface area contributed by atoms with Gasteiger partial charge in [-0.1, -0.05) is 0 Å². The second-order valence-corrected chi connectivity index (χ2v) is 0. The van der Waals surface area contributed by atoms with Crippen molar-refractivity contribution in [3.8, 4) is 0 Å². The molecule has 2 N–H and O–H groups in total. The molecule has 0 aliphatic carbocycles. The van der Waals surface area contributed by atoms with Crippen molar-refractivity contribution in [3.05, 3.63) is 0 Å². The molecule has 0 aromatic carbocycles. The van der Waals surface area contributed by atoms with Crippen LogP contribution in [0.3, 0.4) is 0 Å². The van der Waals surface area contributed by atoms with Gasteiger partial charge in [0.2, 0.25) is 0 Å². The zero-order chi connectivity index (χ0) is 2.00. The van der Waals surface area contributed by atoms with Gasteiger partial charge in [0.05, 0.1) is 0 Å². The summed E-state index contributed by atoms with van der Waals surface area (Å²) in [4.78, 5) is 0. The minimum Gasteiger partial charge on any atom is -2.00 e. The normalized spacial score (nSPS) is 1.50. The molecule has 4 heavy (non-hydrogen) atoms. The van der Waals surface area contributed by atoms with Crippen LogP contribution in [0.4, 0.5) is 0 Å². The van der Waals surface area contributed by atoms with E-state index in [9.17, 15) is 0 Å². The molecule has 0 unspecified atom stereocenters. The Kier molecular flexibility index (Phi) is 151. The van der Waals surface area contributed by atoms with Crippen molar-refractivity contribution in [2.24, 2.45) is 0 Å². The summed E-state index contributed by atoms with van der Waals surface area (Å²) in [6, 6.07) is 0. The van der Waals surface area contributed by atoms with E-state index in [4.69, 9.17) is 10.5 Å². The van der Waals surface area contributed by atoms with Gasteiger partial charge in [-0.2, -0.15) is 0 Å². The molecular formula is H2CaO3. The third kappa shape index (κ3) is 11.1. The molecule has 0 bridgehead atoms. The molecule has 0 radical (unpaired) electrons. The minimum atomic E-state index is 0. The molecule has 0 fully saturated rings. The van der Waals surface area contributed by atoms with Crippen LogP contribution in [0.2, 0.25) is 0 Å². The fourth-order valence-electron chi connectivity index (χ4n) is 0. The molecule has 0 aromatic heterocycles. The summed E-state index contributed by atoms with van der Waals surface area (Å²) in [6.07, 6.45) is 0. The Morgan fingerprint density at radius 3 is 1.00 bits per heavy atom. The summed E-state index contributed by atoms with van der Waals surface area (Å²) in [5.41, 5.74) is 0. The van der Waals surface area contributed by atoms with Gasteiger partial charge in [-0.25, -0.2) is 0 Å². The SMILES string of the molecule is OO.[Ca+2].[O-2]. The Morgan fingerprint density at radius 1 is 1.00 bits per heavy atom. The van der Waals surface area contributed by atoms with Gasteiger partial charge in [0.15, 0.2) is 0 Å². The van der Waals surface area contributed by atoms with E-state index in [2.05, 4.69) is 0 Å². The maximum absolute atomic E-state index is 6.00. The van der Waals surface area contributed by atoms with Crippen molar-refractivity contribution in [2.75, 3.05) is 0 Å². The number of hydrogen-bond acceptors (Lipinski definition) is 2. The van der Waals surface area contributed by atoms with Gasteiger partial charge in [-0.05, 0) is 0 Å². The van der Waals surface area contributed by atoms with Crippen molar-refractivity contribution >= 4 is 37.7 Å². The first-order chi connectivity index (χ1) is 1.00. The van der Waals surface area contributed by atoms with Crippen molar-refractivity contribution in [3.63, 3.8) is 0 Å². The zero-order valence-corrected chi connectivity index (χ0v) is 4.22. The first-order valence-electron chi connectivity index (χ1n) is 0.200. The maximum Gasteiger partial charge on any atom is 2.00 e. The van der Waals surface area contributed by atoms with E-state index in [1.807, 2.05) is 0 Å². The van der Waals surface area contributed by atoms with Crippen LogP contribution in [0.5, 0.6) is 0 Å². The molecule has 0 aliphatic rings. The van der Waals surface area contributed by atoms with Gasteiger partial charge >= 0.3 is 37.7 Å².